The van der Waals surface area contributed by atoms with Gasteiger partial charge in [-0.15, -0.1) is 11.8 Å². The monoisotopic (exact) mass is 346 g/mol. The third kappa shape index (κ3) is 5.19. The topological polar surface area (TPSA) is 110 Å². The van der Waals surface area contributed by atoms with Gasteiger partial charge < -0.3 is 10.4 Å². The predicted molar refractivity (Wildman–Crippen MR) is 83.2 cm³/mol. The lowest BCUT2D eigenvalue weighted by molar-refractivity contribution is -0.387. The van der Waals surface area contributed by atoms with E-state index in [9.17, 15) is 19.7 Å². The second-order valence-corrected chi connectivity index (χ2v) is 6.09. The van der Waals surface area contributed by atoms with E-state index in [0.717, 1.165) is 11.8 Å². The number of aliphatic carboxylic acids is 1. The minimum atomic E-state index is -1.01. The van der Waals surface area contributed by atoms with Gasteiger partial charge in [0.2, 0.25) is 5.91 Å². The number of halogens is 1. The molecule has 120 valence electrons. The standard InChI is InChI=1S/C13H15ClN2O5S/c1-7(13(18)19)8(2)15-12(17)6-22-11-4-3-9(14)5-10(11)16(20)21/h3-5,7-8H,6H2,1-2H3,(H,15,17)(H,18,19). The number of nitrogens with one attached hydrogen (secondary N) is 1. The summed E-state index contributed by atoms with van der Waals surface area (Å²) in [6.07, 6.45) is 0. The first-order valence-electron chi connectivity index (χ1n) is 6.31. The molecule has 2 N–H and O–H groups in total. The van der Waals surface area contributed by atoms with Crippen LogP contribution in [0.3, 0.4) is 0 Å². The molecular formula is C13H15ClN2O5S. The van der Waals surface area contributed by atoms with Gasteiger partial charge in [-0.25, -0.2) is 0 Å². The Labute approximate surface area is 136 Å². The molecule has 22 heavy (non-hydrogen) atoms. The van der Waals surface area contributed by atoms with Crippen molar-refractivity contribution in [3.05, 3.63) is 33.3 Å². The van der Waals surface area contributed by atoms with E-state index in [1.165, 1.54) is 25.1 Å². The highest BCUT2D eigenvalue weighted by molar-refractivity contribution is 8.00. The number of hydrogen-bond donors (Lipinski definition) is 2. The number of carbonyl (C=O) groups is 2. The Kier molecular flexibility index (Phi) is 6.63. The maximum Gasteiger partial charge on any atom is 0.308 e. The number of carbonyl (C=O) groups excluding carboxylic acids is 1. The summed E-state index contributed by atoms with van der Waals surface area (Å²) < 4.78 is 0. The number of nitrogens with zero attached hydrogens (tertiary/aromatic N) is 1. The molecule has 0 fully saturated rings. The molecule has 0 saturated carbocycles. The van der Waals surface area contributed by atoms with Gasteiger partial charge in [0.1, 0.15) is 0 Å². The van der Waals surface area contributed by atoms with Gasteiger partial charge in [0.25, 0.3) is 5.69 Å². The van der Waals surface area contributed by atoms with Gasteiger partial charge in [-0.3, -0.25) is 19.7 Å². The lowest BCUT2D eigenvalue weighted by Crippen LogP contribution is -2.40. The number of amides is 1. The number of benzene rings is 1. The molecule has 0 saturated heterocycles. The highest BCUT2D eigenvalue weighted by atomic mass is 35.5. The first-order chi connectivity index (χ1) is 10.2. The molecule has 1 amide bonds. The third-order valence-corrected chi connectivity index (χ3v) is 4.30. The molecular weight excluding hydrogens is 332 g/mol. The average Bonchev–Trinajstić information content (AvgIpc) is 2.44. The zero-order chi connectivity index (χ0) is 16.9. The number of nitro benzene ring substituents is 1. The van der Waals surface area contributed by atoms with Gasteiger partial charge in [-0.2, -0.15) is 0 Å². The fraction of sp³-hybridized carbons (Fsp3) is 0.385. The third-order valence-electron chi connectivity index (χ3n) is 3.00. The molecule has 0 heterocycles. The number of nitro groups is 1. The highest BCUT2D eigenvalue weighted by Gasteiger charge is 2.21. The first kappa shape index (κ1) is 18.2. The Balaban J connectivity index is 2.65. The summed E-state index contributed by atoms with van der Waals surface area (Å²) in [6, 6.07) is 3.66. The quantitative estimate of drug-likeness (QED) is 0.446. The van der Waals surface area contributed by atoms with Crippen molar-refractivity contribution in [2.75, 3.05) is 5.75 Å². The summed E-state index contributed by atoms with van der Waals surface area (Å²) in [4.78, 5) is 33.3. The van der Waals surface area contributed by atoms with Crippen LogP contribution in [0.4, 0.5) is 5.69 Å². The van der Waals surface area contributed by atoms with E-state index in [1.54, 1.807) is 6.92 Å². The number of carboxylic acid groups (broad SMARTS) is 1. The number of thioether (sulfide) groups is 1. The highest BCUT2D eigenvalue weighted by Crippen LogP contribution is 2.31. The van der Waals surface area contributed by atoms with Crippen LogP contribution in [0.5, 0.6) is 0 Å². The lowest BCUT2D eigenvalue weighted by atomic mass is 10.0. The van der Waals surface area contributed by atoms with Gasteiger partial charge in [0.15, 0.2) is 0 Å². The van der Waals surface area contributed by atoms with Crippen LogP contribution in [-0.2, 0) is 9.59 Å². The van der Waals surface area contributed by atoms with Crippen molar-refractivity contribution < 1.29 is 19.6 Å². The summed E-state index contributed by atoms with van der Waals surface area (Å²) in [7, 11) is 0. The van der Waals surface area contributed by atoms with Crippen molar-refractivity contribution in [2.24, 2.45) is 5.92 Å². The predicted octanol–water partition coefficient (Wildman–Crippen LogP) is 2.57. The van der Waals surface area contributed by atoms with E-state index in [4.69, 9.17) is 16.7 Å². The summed E-state index contributed by atoms with van der Waals surface area (Å²) >= 11 is 6.70. The fourth-order valence-electron chi connectivity index (χ4n) is 1.53. The molecule has 0 aliphatic carbocycles. The van der Waals surface area contributed by atoms with Crippen molar-refractivity contribution in [1.29, 1.82) is 0 Å². The van der Waals surface area contributed by atoms with Gasteiger partial charge in [-0.05, 0) is 26.0 Å². The van der Waals surface area contributed by atoms with Crippen LogP contribution in [-0.4, -0.2) is 33.7 Å². The molecule has 0 aromatic heterocycles. The van der Waals surface area contributed by atoms with Crippen LogP contribution in [0.2, 0.25) is 5.02 Å². The summed E-state index contributed by atoms with van der Waals surface area (Å²) in [5.41, 5.74) is -0.169. The zero-order valence-electron chi connectivity index (χ0n) is 11.9. The molecule has 9 heteroatoms. The van der Waals surface area contributed by atoms with Crippen molar-refractivity contribution >= 4 is 40.9 Å². The van der Waals surface area contributed by atoms with Crippen LogP contribution in [0.15, 0.2) is 23.1 Å². The maximum absolute atomic E-state index is 11.8. The van der Waals surface area contributed by atoms with Crippen molar-refractivity contribution in [3.63, 3.8) is 0 Å². The van der Waals surface area contributed by atoms with Crippen LogP contribution < -0.4 is 5.32 Å². The molecule has 2 atom stereocenters. The average molecular weight is 347 g/mol. The molecule has 7 nitrogen and oxygen atoms in total. The SMILES string of the molecule is CC(NC(=O)CSc1ccc(Cl)cc1[N+](=O)[O-])C(C)C(=O)O. The van der Waals surface area contributed by atoms with Gasteiger partial charge in [-0.1, -0.05) is 11.6 Å². The van der Waals surface area contributed by atoms with Crippen LogP contribution >= 0.6 is 23.4 Å². The van der Waals surface area contributed by atoms with E-state index < -0.39 is 28.8 Å². The Morgan fingerprint density at radius 1 is 1.45 bits per heavy atom. The molecule has 2 unspecified atom stereocenters. The van der Waals surface area contributed by atoms with Crippen LogP contribution in [0.25, 0.3) is 0 Å². The van der Waals surface area contributed by atoms with Crippen molar-refractivity contribution in [2.45, 2.75) is 24.8 Å². The smallest absolute Gasteiger partial charge is 0.308 e. The Morgan fingerprint density at radius 3 is 2.64 bits per heavy atom. The van der Waals surface area contributed by atoms with Crippen molar-refractivity contribution in [1.82, 2.24) is 5.32 Å². The van der Waals surface area contributed by atoms with Gasteiger partial charge >= 0.3 is 5.97 Å². The molecule has 1 rings (SSSR count). The number of rotatable bonds is 7. The van der Waals surface area contributed by atoms with Crippen molar-refractivity contribution in [3.8, 4) is 0 Å². The van der Waals surface area contributed by atoms with E-state index >= 15 is 0 Å². The summed E-state index contributed by atoms with van der Waals surface area (Å²) in [6.45, 7) is 3.08. The van der Waals surface area contributed by atoms with E-state index in [-0.39, 0.29) is 16.5 Å². The summed E-state index contributed by atoms with van der Waals surface area (Å²) in [5.74, 6) is -2.18. The van der Waals surface area contributed by atoms with Crippen LogP contribution in [0, 0.1) is 16.0 Å². The maximum atomic E-state index is 11.8. The second kappa shape index (κ2) is 8.00. The Hall–Kier alpha value is -1.80. The normalized spacial score (nSPS) is 13.2. The van der Waals surface area contributed by atoms with Crippen LogP contribution in [0.1, 0.15) is 13.8 Å². The molecule has 0 aliphatic rings. The summed E-state index contributed by atoms with van der Waals surface area (Å²) in [5, 5.41) is 22.6. The van der Waals surface area contributed by atoms with E-state index in [0.29, 0.717) is 4.90 Å². The van der Waals surface area contributed by atoms with Gasteiger partial charge in [0.05, 0.1) is 21.5 Å². The van der Waals surface area contributed by atoms with Gasteiger partial charge in [0, 0.05) is 17.1 Å². The molecule has 0 radical (unpaired) electrons. The molecule has 1 aromatic rings. The van der Waals surface area contributed by atoms with E-state index in [2.05, 4.69) is 5.32 Å². The molecule has 0 spiro atoms. The molecule has 0 aliphatic heterocycles. The molecule has 0 bridgehead atoms. The largest absolute Gasteiger partial charge is 0.481 e. The first-order valence-corrected chi connectivity index (χ1v) is 7.67. The Morgan fingerprint density at radius 2 is 2.09 bits per heavy atom. The minimum absolute atomic E-state index is 0.0564. The zero-order valence-corrected chi connectivity index (χ0v) is 13.5. The number of carboxylic acids is 1. The fourth-order valence-corrected chi connectivity index (χ4v) is 2.51. The Bertz CT molecular complexity index is 596. The minimum Gasteiger partial charge on any atom is -0.481 e. The van der Waals surface area contributed by atoms with E-state index in [1.807, 2.05) is 0 Å². The molecule has 1 aromatic carbocycles. The lowest BCUT2D eigenvalue weighted by Gasteiger charge is -2.17. The number of hydrogen-bond acceptors (Lipinski definition) is 5. The second-order valence-electron chi connectivity index (χ2n) is 4.64.